The quantitative estimate of drug-likeness (QED) is 0.0401. The molecule has 3 heterocycles. The molecule has 8 aromatic carbocycles. The van der Waals surface area contributed by atoms with Gasteiger partial charge in [-0.1, -0.05) is 157 Å². The summed E-state index contributed by atoms with van der Waals surface area (Å²) in [6.45, 7) is -2.33. The maximum absolute atomic E-state index is 14.7. The highest BCUT2D eigenvalue weighted by atomic mass is 32.2. The molecule has 0 saturated carbocycles. The fourth-order valence-corrected chi connectivity index (χ4v) is 11.8. The Labute approximate surface area is 554 Å². The van der Waals surface area contributed by atoms with E-state index in [1.165, 1.54) is 84.9 Å². The van der Waals surface area contributed by atoms with E-state index in [0.717, 1.165) is 11.8 Å². The lowest BCUT2D eigenvalue weighted by Crippen LogP contribution is -2.65. The maximum Gasteiger partial charge on any atom is 0.338 e. The van der Waals surface area contributed by atoms with Crippen LogP contribution >= 0.6 is 11.8 Å². The molecule has 23 heteroatoms. The van der Waals surface area contributed by atoms with Gasteiger partial charge >= 0.3 is 41.8 Å². The van der Waals surface area contributed by atoms with Crippen molar-refractivity contribution in [1.82, 2.24) is 0 Å². The van der Waals surface area contributed by atoms with Crippen molar-refractivity contribution in [2.45, 2.75) is 96.2 Å². The van der Waals surface area contributed by atoms with E-state index in [4.69, 9.17) is 56.8 Å². The minimum Gasteiger partial charge on any atom is -0.459 e. The Kier molecular flexibility index (Phi) is 22.8. The van der Waals surface area contributed by atoms with Crippen molar-refractivity contribution in [3.63, 3.8) is 0 Å². The lowest BCUT2D eigenvalue weighted by molar-refractivity contribution is -0.332. The fraction of sp³-hybridized carbons (Fsp3) is 0.247. The number of hydrogen-bond donors (Lipinski definition) is 3. The highest BCUT2D eigenvalue weighted by molar-refractivity contribution is 7.99. The highest BCUT2D eigenvalue weighted by Gasteiger charge is 2.57. The summed E-state index contributed by atoms with van der Waals surface area (Å²) < 4.78 is 76.6. The van der Waals surface area contributed by atoms with Crippen LogP contribution in [0, 0.1) is 0 Å². The zero-order valence-corrected chi connectivity index (χ0v) is 51.7. The molecule has 3 N–H and O–H groups in total. The van der Waals surface area contributed by atoms with Crippen LogP contribution in [0.1, 0.15) is 72.5 Å². The van der Waals surface area contributed by atoms with Gasteiger partial charge in [-0.2, -0.15) is 0 Å². The summed E-state index contributed by atoms with van der Waals surface area (Å²) in [7, 11) is 0. The first-order valence-electron chi connectivity index (χ1n) is 30.5. The van der Waals surface area contributed by atoms with E-state index >= 15 is 0 Å². The molecule has 0 unspecified atom stereocenters. The van der Waals surface area contributed by atoms with Gasteiger partial charge in [0, 0.05) is 4.90 Å². The van der Waals surface area contributed by atoms with Crippen LogP contribution in [0.5, 0.6) is 0 Å². The predicted octanol–water partition coefficient (Wildman–Crippen LogP) is 8.28. The molecule has 0 aromatic heterocycles. The van der Waals surface area contributed by atoms with Crippen LogP contribution in [0.2, 0.25) is 0 Å². The number of aliphatic hydroxyl groups is 3. The number of hydrogen-bond acceptors (Lipinski definition) is 23. The number of aliphatic hydroxyl groups excluding tert-OH is 3. The van der Waals surface area contributed by atoms with E-state index in [1.807, 2.05) is 0 Å². The first kappa shape index (κ1) is 67.5. The van der Waals surface area contributed by atoms with Gasteiger partial charge in [0.2, 0.25) is 0 Å². The first-order chi connectivity index (χ1) is 46.8. The van der Waals surface area contributed by atoms with Gasteiger partial charge in [-0.3, -0.25) is 0 Å². The molecule has 3 aliphatic heterocycles. The lowest BCUT2D eigenvalue weighted by Gasteiger charge is -2.47. The van der Waals surface area contributed by atoms with Gasteiger partial charge in [0.25, 0.3) is 0 Å². The largest absolute Gasteiger partial charge is 0.459 e. The molecule has 0 amide bonds. The molecule has 494 valence electrons. The molecule has 3 aliphatic rings. The second-order valence-corrected chi connectivity index (χ2v) is 23.3. The molecule has 3 saturated heterocycles. The van der Waals surface area contributed by atoms with Gasteiger partial charge in [-0.25, -0.2) is 33.6 Å². The van der Waals surface area contributed by atoms with E-state index in [0.29, 0.717) is 4.90 Å². The Balaban J connectivity index is 1.02. The summed E-state index contributed by atoms with van der Waals surface area (Å²) in [6, 6.07) is 62.7. The Morgan fingerprint density at radius 3 is 0.896 bits per heavy atom. The van der Waals surface area contributed by atoms with Crippen LogP contribution < -0.4 is 0 Å². The third kappa shape index (κ3) is 16.9. The molecule has 22 nitrogen and oxygen atoms in total. The number of thioether (sulfide) groups is 1. The lowest BCUT2D eigenvalue weighted by atomic mass is 9.96. The molecular weight excluding hydrogens is 1260 g/mol. The Hall–Kier alpha value is -9.92. The number of benzene rings is 8. The van der Waals surface area contributed by atoms with E-state index in [9.17, 15) is 48.9 Å². The molecule has 0 bridgehead atoms. The van der Waals surface area contributed by atoms with Gasteiger partial charge in [0.1, 0.15) is 48.7 Å². The highest BCUT2D eigenvalue weighted by Crippen LogP contribution is 2.38. The third-order valence-corrected chi connectivity index (χ3v) is 16.8. The second kappa shape index (κ2) is 32.5. The summed E-state index contributed by atoms with van der Waals surface area (Å²) in [5.74, 6) is -6.91. The fourth-order valence-electron chi connectivity index (χ4n) is 10.7. The Bertz CT molecular complexity index is 3860. The molecule has 96 heavy (non-hydrogen) atoms. The minimum absolute atomic E-state index is 0.000391. The molecule has 0 spiro atoms. The van der Waals surface area contributed by atoms with Gasteiger partial charge < -0.3 is 72.2 Å². The average molecular weight is 1330 g/mol. The first-order valence-corrected chi connectivity index (χ1v) is 31.4. The normalized spacial score (nSPS) is 25.3. The summed E-state index contributed by atoms with van der Waals surface area (Å²) in [5, 5.41) is 34.1. The van der Waals surface area contributed by atoms with Crippen molar-refractivity contribution in [2.75, 3.05) is 19.8 Å². The number of carbonyl (C=O) groups is 7. The van der Waals surface area contributed by atoms with Crippen molar-refractivity contribution in [3.8, 4) is 0 Å². The van der Waals surface area contributed by atoms with Crippen molar-refractivity contribution in [1.29, 1.82) is 0 Å². The molecule has 15 atom stereocenters. The van der Waals surface area contributed by atoms with Crippen molar-refractivity contribution >= 4 is 53.5 Å². The van der Waals surface area contributed by atoms with Crippen molar-refractivity contribution < 1.29 is 106 Å². The topological polar surface area (TPSA) is 291 Å². The average Bonchev–Trinajstić information content (AvgIpc) is 0.781. The molecule has 8 aromatic rings. The number of carbonyl (C=O) groups excluding carboxylic acids is 7. The standard InChI is InChI=1S/C73H64O22S/c74-55-52(89-73(57(76)56(55)75)96-51-39-23-8-24-40-51)41-85-71-62(94-69(82)49-35-19-6-20-36-49)61(93-68(81)48-33-17-5-18-34-48)59(91-66(79)46-29-13-3-14-30-46)54(88-71)43-86-72-63(95-70(83)50-37-21-7-22-38-50)60(92-67(80)47-31-15-4-16-32-47)58(90-65(78)45-27-11-2-12-28-45)53(87-72)42-84-64(77)44-25-9-1-10-26-44/h1-40,52-63,71-76H,41-43H2/t52-,53-,54-,55-,56+,57-,58-,59-,60+,61+,62-,63-,71-,72-,73+/m1/s1. The molecule has 3 fully saturated rings. The van der Waals surface area contributed by atoms with Crippen LogP contribution in [0.4, 0.5) is 0 Å². The molecule has 0 radical (unpaired) electrons. The third-order valence-electron chi connectivity index (χ3n) is 15.6. The van der Waals surface area contributed by atoms with Crippen molar-refractivity contribution in [3.05, 3.63) is 282 Å². The van der Waals surface area contributed by atoms with Crippen LogP contribution in [0.25, 0.3) is 0 Å². The van der Waals surface area contributed by atoms with Gasteiger partial charge in [0.05, 0.1) is 52.2 Å². The zero-order valence-electron chi connectivity index (χ0n) is 50.9. The minimum atomic E-state index is -2.00. The molecule has 11 rings (SSSR count). The second-order valence-electron chi connectivity index (χ2n) is 22.1. The predicted molar refractivity (Wildman–Crippen MR) is 339 cm³/mol. The summed E-state index contributed by atoms with van der Waals surface area (Å²) >= 11 is 1.05. The number of ether oxygens (including phenoxy) is 12. The molecule has 0 aliphatic carbocycles. The van der Waals surface area contributed by atoms with Gasteiger partial charge in [0.15, 0.2) is 49.2 Å². The van der Waals surface area contributed by atoms with Crippen LogP contribution in [-0.2, 0) is 56.8 Å². The van der Waals surface area contributed by atoms with E-state index < -0.39 is 153 Å². The van der Waals surface area contributed by atoms with Crippen LogP contribution in [0.3, 0.4) is 0 Å². The Morgan fingerprint density at radius 1 is 0.292 bits per heavy atom. The van der Waals surface area contributed by atoms with E-state index in [1.54, 1.807) is 158 Å². The van der Waals surface area contributed by atoms with E-state index in [-0.39, 0.29) is 38.9 Å². The number of esters is 7. The smallest absolute Gasteiger partial charge is 0.338 e. The van der Waals surface area contributed by atoms with Gasteiger partial charge in [-0.05, 0) is 97.1 Å². The van der Waals surface area contributed by atoms with E-state index in [2.05, 4.69) is 0 Å². The van der Waals surface area contributed by atoms with Crippen molar-refractivity contribution in [2.24, 2.45) is 0 Å². The van der Waals surface area contributed by atoms with Gasteiger partial charge in [-0.15, -0.1) is 0 Å². The molecular formula is C73H64O22S. The summed E-state index contributed by atoms with van der Waals surface area (Å²) in [6.07, 6.45) is -25.5. The number of rotatable bonds is 23. The Morgan fingerprint density at radius 2 is 0.562 bits per heavy atom. The summed E-state index contributed by atoms with van der Waals surface area (Å²) in [5.41, 5.74) is -1.08. The van der Waals surface area contributed by atoms with Crippen LogP contribution in [0.15, 0.2) is 248 Å². The zero-order chi connectivity index (χ0) is 66.9. The summed E-state index contributed by atoms with van der Waals surface area (Å²) in [4.78, 5) is 102. The SMILES string of the molecule is O=C(OC[C@H]1O[C@@H](OC[C@H]2O[C@@H](OC[C@H]3O[C@@H](Sc4ccccc4)[C@H](O)[C@@H](O)[C@@H]3O)[C@H](OC(=O)c3ccccc3)[C@@H](OC(=O)c3ccccc3)[C@@H]2OC(=O)c2ccccc2)[C@H](OC(=O)c2ccccc2)[C@@H](OC(=O)c2ccccc2)[C@@H]1OC(=O)c1ccccc1)c1ccccc1. The van der Waals surface area contributed by atoms with Crippen LogP contribution in [-0.4, -0.2) is 168 Å². The monoisotopic (exact) mass is 1320 g/mol. The maximum atomic E-state index is 14.7.